The predicted molar refractivity (Wildman–Crippen MR) is 58.7 cm³/mol. The summed E-state index contributed by atoms with van der Waals surface area (Å²) < 4.78 is 25.9. The predicted octanol–water partition coefficient (Wildman–Crippen LogP) is -0.488. The molecule has 0 heterocycles. The summed E-state index contributed by atoms with van der Waals surface area (Å²) in [6, 6.07) is 0. The lowest BCUT2D eigenvalue weighted by atomic mass is 10.3. The molecule has 4 N–H and O–H groups in total. The smallest absolute Gasteiger partial charge is 0.290 e. The third-order valence-electron chi connectivity index (χ3n) is 0.758. The van der Waals surface area contributed by atoms with E-state index in [1.54, 1.807) is 0 Å². The van der Waals surface area contributed by atoms with Gasteiger partial charge in [-0.25, -0.2) is 0 Å². The van der Waals surface area contributed by atoms with Crippen LogP contribution in [-0.2, 0) is 14.9 Å². The minimum absolute atomic E-state index is 0.196. The van der Waals surface area contributed by atoms with Gasteiger partial charge in [0.25, 0.3) is 16.6 Å². The number of rotatable bonds is 4. The van der Waals surface area contributed by atoms with Crippen LogP contribution in [0.3, 0.4) is 0 Å². The van der Waals surface area contributed by atoms with E-state index in [0.29, 0.717) is 19.1 Å². The van der Waals surface area contributed by atoms with E-state index in [-0.39, 0.29) is 19.7 Å². The molecule has 0 rings (SSSR count). The molecule has 0 atom stereocenters. The topological polar surface area (TPSA) is 132 Å². The Bertz CT molecular complexity index is 229. The maximum atomic E-state index is 9.19. The lowest BCUT2D eigenvalue weighted by molar-refractivity contribution is -0.122. The van der Waals surface area contributed by atoms with Gasteiger partial charge in [0.2, 0.25) is 0 Å². The molecule has 0 amide bonds. The Balaban J connectivity index is -0.000000181. The molecule has 7 nitrogen and oxygen atoms in total. The first kappa shape index (κ1) is 20.5. The van der Waals surface area contributed by atoms with Gasteiger partial charge in [0, 0.05) is 13.2 Å². The normalized spacial score (nSPS) is 9.75. The average Bonchev–Trinajstić information content (AvgIpc) is 2.11. The summed E-state index contributed by atoms with van der Waals surface area (Å²) in [5, 5.41) is 23.4. The second kappa shape index (κ2) is 16.5. The van der Waals surface area contributed by atoms with Crippen molar-refractivity contribution in [2.24, 2.45) is 0 Å². The SMILES string of the molecule is CS(=O)(=O)O.O=CO.OCCC=CCCO. The van der Waals surface area contributed by atoms with Crippen molar-refractivity contribution >= 4 is 16.6 Å². The van der Waals surface area contributed by atoms with Crippen molar-refractivity contribution in [3.8, 4) is 0 Å². The van der Waals surface area contributed by atoms with Gasteiger partial charge in [-0.2, -0.15) is 8.42 Å². The van der Waals surface area contributed by atoms with E-state index in [0.717, 1.165) is 0 Å². The van der Waals surface area contributed by atoms with Crippen molar-refractivity contribution < 1.29 is 33.1 Å². The van der Waals surface area contributed by atoms with Gasteiger partial charge < -0.3 is 15.3 Å². The summed E-state index contributed by atoms with van der Waals surface area (Å²) in [6.07, 6.45) is 5.82. The molecular formula is C8H18O7S. The minimum atomic E-state index is -3.67. The zero-order valence-electron chi connectivity index (χ0n) is 8.98. The summed E-state index contributed by atoms with van der Waals surface area (Å²) in [5.41, 5.74) is 0. The number of hydrogen-bond acceptors (Lipinski definition) is 5. The summed E-state index contributed by atoms with van der Waals surface area (Å²) in [7, 11) is -3.67. The summed E-state index contributed by atoms with van der Waals surface area (Å²) >= 11 is 0. The van der Waals surface area contributed by atoms with Crippen LogP contribution in [0.25, 0.3) is 0 Å². The van der Waals surface area contributed by atoms with Gasteiger partial charge in [0.05, 0.1) is 6.26 Å². The van der Waals surface area contributed by atoms with Crippen molar-refractivity contribution in [2.45, 2.75) is 12.8 Å². The third kappa shape index (κ3) is 116. The standard InChI is InChI=1S/C6H12O2.CH4O3S.CH2O2/c7-5-3-1-2-4-6-8;1-5(2,3)4;2-1-3/h1-2,7-8H,3-6H2;1H3,(H,2,3,4);1H,(H,2,3). The molecule has 98 valence electrons. The maximum Gasteiger partial charge on any atom is 0.290 e. The van der Waals surface area contributed by atoms with Crippen LogP contribution in [0.15, 0.2) is 12.2 Å². The number of carbonyl (C=O) groups is 1. The molecule has 0 unspecified atom stereocenters. The minimum Gasteiger partial charge on any atom is -0.483 e. The molecule has 0 radical (unpaired) electrons. The second-order valence-corrected chi connectivity index (χ2v) is 3.80. The first-order chi connectivity index (χ1) is 7.33. The highest BCUT2D eigenvalue weighted by Crippen LogP contribution is 1.83. The third-order valence-corrected chi connectivity index (χ3v) is 0.758. The van der Waals surface area contributed by atoms with Crippen LogP contribution in [0.2, 0.25) is 0 Å². The summed E-state index contributed by atoms with van der Waals surface area (Å²) in [4.78, 5) is 8.36. The Morgan fingerprint density at radius 1 is 1.06 bits per heavy atom. The van der Waals surface area contributed by atoms with Crippen molar-refractivity contribution in [3.63, 3.8) is 0 Å². The molecule has 0 aliphatic heterocycles. The highest BCUT2D eigenvalue weighted by Gasteiger charge is 1.81. The number of hydrogen-bond donors (Lipinski definition) is 4. The molecular weight excluding hydrogens is 240 g/mol. The second-order valence-electron chi connectivity index (χ2n) is 2.33. The van der Waals surface area contributed by atoms with Crippen LogP contribution in [0.5, 0.6) is 0 Å². The van der Waals surface area contributed by atoms with Crippen molar-refractivity contribution in [1.82, 2.24) is 0 Å². The van der Waals surface area contributed by atoms with Gasteiger partial charge in [0.15, 0.2) is 0 Å². The van der Waals surface area contributed by atoms with Crippen LogP contribution in [0, 0.1) is 0 Å². The Hall–Kier alpha value is -0.960. The molecule has 0 saturated carbocycles. The van der Waals surface area contributed by atoms with E-state index < -0.39 is 10.1 Å². The van der Waals surface area contributed by atoms with Crippen molar-refractivity contribution in [3.05, 3.63) is 12.2 Å². The van der Waals surface area contributed by atoms with Gasteiger partial charge in [-0.15, -0.1) is 0 Å². The maximum absolute atomic E-state index is 9.19. The van der Waals surface area contributed by atoms with E-state index in [1.807, 2.05) is 12.2 Å². The largest absolute Gasteiger partial charge is 0.483 e. The van der Waals surface area contributed by atoms with Crippen molar-refractivity contribution in [1.29, 1.82) is 0 Å². The molecule has 0 spiro atoms. The highest BCUT2D eigenvalue weighted by atomic mass is 32.2. The fourth-order valence-electron chi connectivity index (χ4n) is 0.385. The first-order valence-corrected chi connectivity index (χ1v) is 6.05. The van der Waals surface area contributed by atoms with E-state index in [4.69, 9.17) is 24.7 Å². The Kier molecular flexibility index (Phi) is 21.1. The van der Waals surface area contributed by atoms with Crippen LogP contribution >= 0.6 is 0 Å². The Labute approximate surface area is 94.8 Å². The van der Waals surface area contributed by atoms with Gasteiger partial charge in [0.1, 0.15) is 0 Å². The average molecular weight is 258 g/mol. The first-order valence-electron chi connectivity index (χ1n) is 4.20. The molecule has 0 fully saturated rings. The monoisotopic (exact) mass is 258 g/mol. The Morgan fingerprint density at radius 2 is 1.25 bits per heavy atom. The summed E-state index contributed by atoms with van der Waals surface area (Å²) in [6.45, 7) is 0.143. The zero-order valence-corrected chi connectivity index (χ0v) is 9.80. The number of aliphatic hydroxyl groups excluding tert-OH is 2. The molecule has 0 aliphatic rings. The number of carboxylic acid groups (broad SMARTS) is 1. The molecule has 0 aromatic heterocycles. The molecule has 0 bridgehead atoms. The fraction of sp³-hybridized carbons (Fsp3) is 0.625. The lowest BCUT2D eigenvalue weighted by Crippen LogP contribution is -1.88. The van der Waals surface area contributed by atoms with E-state index in [2.05, 4.69) is 0 Å². The van der Waals surface area contributed by atoms with Gasteiger partial charge >= 0.3 is 0 Å². The van der Waals surface area contributed by atoms with Crippen LogP contribution in [-0.4, -0.2) is 54.2 Å². The van der Waals surface area contributed by atoms with E-state index >= 15 is 0 Å². The zero-order chi connectivity index (χ0) is 13.4. The fourth-order valence-corrected chi connectivity index (χ4v) is 0.385. The molecule has 0 aliphatic carbocycles. The van der Waals surface area contributed by atoms with Gasteiger partial charge in [-0.3, -0.25) is 9.35 Å². The van der Waals surface area contributed by atoms with Crippen molar-refractivity contribution in [2.75, 3.05) is 19.5 Å². The number of aliphatic hydroxyl groups is 2. The van der Waals surface area contributed by atoms with Crippen LogP contribution in [0.4, 0.5) is 0 Å². The molecule has 0 aromatic carbocycles. The molecule has 0 saturated heterocycles. The summed E-state index contributed by atoms with van der Waals surface area (Å²) in [5.74, 6) is 0. The quantitative estimate of drug-likeness (QED) is 0.304. The Morgan fingerprint density at radius 3 is 1.38 bits per heavy atom. The van der Waals surface area contributed by atoms with Gasteiger partial charge in [-0.05, 0) is 12.8 Å². The molecule has 16 heavy (non-hydrogen) atoms. The molecule has 8 heteroatoms. The molecule has 0 aromatic rings. The van der Waals surface area contributed by atoms with Crippen LogP contribution < -0.4 is 0 Å². The highest BCUT2D eigenvalue weighted by molar-refractivity contribution is 7.85. The van der Waals surface area contributed by atoms with Gasteiger partial charge in [-0.1, -0.05) is 12.2 Å². The van der Waals surface area contributed by atoms with E-state index in [9.17, 15) is 8.42 Å². The van der Waals surface area contributed by atoms with Crippen LogP contribution in [0.1, 0.15) is 12.8 Å². The lowest BCUT2D eigenvalue weighted by Gasteiger charge is -1.83. The van der Waals surface area contributed by atoms with E-state index in [1.165, 1.54) is 0 Å².